The lowest BCUT2D eigenvalue weighted by atomic mass is 9.92. The van der Waals surface area contributed by atoms with Crippen LogP contribution in [0, 0.1) is 5.41 Å². The number of hydrogen-bond donors (Lipinski definition) is 0. The maximum Gasteiger partial charge on any atom is 0.222 e. The molecule has 0 aromatic heterocycles. The van der Waals surface area contributed by atoms with Crippen molar-refractivity contribution in [1.29, 1.82) is 0 Å². The van der Waals surface area contributed by atoms with E-state index in [9.17, 15) is 4.79 Å². The van der Waals surface area contributed by atoms with E-state index >= 15 is 0 Å². The highest BCUT2D eigenvalue weighted by molar-refractivity contribution is 5.76. The van der Waals surface area contributed by atoms with Gasteiger partial charge in [-0.15, -0.1) is 0 Å². The molecular weight excluding hydrogens is 254 g/mol. The Morgan fingerprint density at radius 2 is 1.70 bits per heavy atom. The molecule has 0 aliphatic rings. The fraction of sp³-hybridized carbons (Fsp3) is 0.562. The van der Waals surface area contributed by atoms with Gasteiger partial charge in [0.25, 0.3) is 0 Å². The van der Waals surface area contributed by atoms with E-state index in [0.717, 1.165) is 11.5 Å². The third-order valence-electron chi connectivity index (χ3n) is 2.86. The zero-order valence-electron chi connectivity index (χ0n) is 13.1. The van der Waals surface area contributed by atoms with Crippen LogP contribution in [0.2, 0.25) is 0 Å². The molecule has 0 unspecified atom stereocenters. The molecule has 0 fully saturated rings. The van der Waals surface area contributed by atoms with Crippen LogP contribution in [0.15, 0.2) is 24.3 Å². The minimum absolute atomic E-state index is 0.0161. The topological polar surface area (TPSA) is 38.8 Å². The van der Waals surface area contributed by atoms with Crippen LogP contribution in [-0.4, -0.2) is 38.1 Å². The summed E-state index contributed by atoms with van der Waals surface area (Å²) in [5.41, 5.74) is 0.0161. The molecule has 1 aromatic carbocycles. The van der Waals surface area contributed by atoms with E-state index in [1.165, 1.54) is 0 Å². The first-order chi connectivity index (χ1) is 9.31. The minimum Gasteiger partial charge on any atom is -0.497 e. The second-order valence-corrected chi connectivity index (χ2v) is 6.08. The lowest BCUT2D eigenvalue weighted by Crippen LogP contribution is -2.33. The maximum absolute atomic E-state index is 11.9. The number of methoxy groups -OCH3 is 1. The highest BCUT2D eigenvalue weighted by Crippen LogP contribution is 2.19. The standard InChI is InChI=1S/C16H25NO3/c1-16(2,3)12-15(18)17(4)10-11-20-14-8-6-13(19-5)7-9-14/h6-9H,10-12H2,1-5H3. The molecule has 0 saturated carbocycles. The van der Waals surface area contributed by atoms with Crippen molar-refractivity contribution in [2.24, 2.45) is 5.41 Å². The van der Waals surface area contributed by atoms with Crippen molar-refractivity contribution >= 4 is 5.91 Å². The van der Waals surface area contributed by atoms with Crippen molar-refractivity contribution in [1.82, 2.24) is 4.90 Å². The first-order valence-electron chi connectivity index (χ1n) is 6.82. The molecule has 0 heterocycles. The summed E-state index contributed by atoms with van der Waals surface area (Å²) in [6.07, 6.45) is 0.548. The molecule has 0 spiro atoms. The van der Waals surface area contributed by atoms with E-state index in [2.05, 4.69) is 20.8 Å². The first-order valence-corrected chi connectivity index (χ1v) is 6.82. The Morgan fingerprint density at radius 1 is 1.15 bits per heavy atom. The van der Waals surface area contributed by atoms with Gasteiger partial charge in [0.05, 0.1) is 13.7 Å². The van der Waals surface area contributed by atoms with Gasteiger partial charge in [-0.3, -0.25) is 4.79 Å². The molecule has 1 rings (SSSR count). The second-order valence-electron chi connectivity index (χ2n) is 6.08. The second kappa shape index (κ2) is 7.17. The zero-order valence-corrected chi connectivity index (χ0v) is 13.1. The van der Waals surface area contributed by atoms with E-state index in [4.69, 9.17) is 9.47 Å². The van der Waals surface area contributed by atoms with Gasteiger partial charge in [0.2, 0.25) is 5.91 Å². The van der Waals surface area contributed by atoms with Crippen LogP contribution in [0.1, 0.15) is 27.2 Å². The van der Waals surface area contributed by atoms with Gasteiger partial charge < -0.3 is 14.4 Å². The monoisotopic (exact) mass is 279 g/mol. The maximum atomic E-state index is 11.9. The molecular formula is C16H25NO3. The smallest absolute Gasteiger partial charge is 0.222 e. The Hall–Kier alpha value is -1.71. The van der Waals surface area contributed by atoms with Crippen LogP contribution in [0.25, 0.3) is 0 Å². The molecule has 4 heteroatoms. The van der Waals surface area contributed by atoms with Crippen molar-refractivity contribution in [3.63, 3.8) is 0 Å². The average Bonchev–Trinajstić information content (AvgIpc) is 2.37. The highest BCUT2D eigenvalue weighted by Gasteiger charge is 2.18. The predicted octanol–water partition coefficient (Wildman–Crippen LogP) is 2.97. The summed E-state index contributed by atoms with van der Waals surface area (Å²) in [5, 5.41) is 0. The van der Waals surface area contributed by atoms with Crippen LogP contribution in [0.5, 0.6) is 11.5 Å². The van der Waals surface area contributed by atoms with Crippen LogP contribution in [0.3, 0.4) is 0 Å². The summed E-state index contributed by atoms with van der Waals surface area (Å²) in [6, 6.07) is 7.42. The van der Waals surface area contributed by atoms with E-state index in [1.54, 1.807) is 12.0 Å². The van der Waals surface area contributed by atoms with E-state index < -0.39 is 0 Å². The van der Waals surface area contributed by atoms with E-state index in [1.807, 2.05) is 31.3 Å². The van der Waals surface area contributed by atoms with Crippen molar-refractivity contribution < 1.29 is 14.3 Å². The zero-order chi connectivity index (χ0) is 15.2. The van der Waals surface area contributed by atoms with Crippen LogP contribution < -0.4 is 9.47 Å². The summed E-state index contributed by atoms with van der Waals surface area (Å²) >= 11 is 0. The average molecular weight is 279 g/mol. The molecule has 1 aromatic rings. The third kappa shape index (κ3) is 5.95. The molecule has 0 radical (unpaired) electrons. The molecule has 0 aliphatic heterocycles. The van der Waals surface area contributed by atoms with Gasteiger partial charge in [-0.25, -0.2) is 0 Å². The lowest BCUT2D eigenvalue weighted by Gasteiger charge is -2.23. The number of nitrogens with zero attached hydrogens (tertiary/aromatic N) is 1. The van der Waals surface area contributed by atoms with Crippen molar-refractivity contribution in [3.05, 3.63) is 24.3 Å². The Kier molecular flexibility index (Phi) is 5.86. The van der Waals surface area contributed by atoms with Gasteiger partial charge in [0.1, 0.15) is 18.1 Å². The fourth-order valence-electron chi connectivity index (χ4n) is 1.69. The number of ether oxygens (including phenoxy) is 2. The van der Waals surface area contributed by atoms with Gasteiger partial charge in [-0.05, 0) is 29.7 Å². The van der Waals surface area contributed by atoms with Crippen molar-refractivity contribution in [2.75, 3.05) is 27.3 Å². The molecule has 0 bridgehead atoms. The summed E-state index contributed by atoms with van der Waals surface area (Å²) in [4.78, 5) is 13.7. The largest absolute Gasteiger partial charge is 0.497 e. The summed E-state index contributed by atoms with van der Waals surface area (Å²) < 4.78 is 10.7. The minimum atomic E-state index is 0.0161. The first kappa shape index (κ1) is 16.3. The van der Waals surface area contributed by atoms with Gasteiger partial charge in [-0.2, -0.15) is 0 Å². The van der Waals surface area contributed by atoms with Crippen LogP contribution in [0.4, 0.5) is 0 Å². The van der Waals surface area contributed by atoms with Gasteiger partial charge in [0, 0.05) is 13.5 Å². The number of rotatable bonds is 6. The number of likely N-dealkylation sites (N-methyl/N-ethyl adjacent to an activating group) is 1. The molecule has 1 amide bonds. The van der Waals surface area contributed by atoms with Crippen molar-refractivity contribution in [2.45, 2.75) is 27.2 Å². The molecule has 0 atom stereocenters. The Morgan fingerprint density at radius 3 is 2.20 bits per heavy atom. The van der Waals surface area contributed by atoms with Gasteiger partial charge >= 0.3 is 0 Å². The summed E-state index contributed by atoms with van der Waals surface area (Å²) in [5.74, 6) is 1.73. The highest BCUT2D eigenvalue weighted by atomic mass is 16.5. The third-order valence-corrected chi connectivity index (χ3v) is 2.86. The van der Waals surface area contributed by atoms with Gasteiger partial charge in [0.15, 0.2) is 0 Å². The molecule has 0 aliphatic carbocycles. The Balaban J connectivity index is 2.34. The lowest BCUT2D eigenvalue weighted by molar-refractivity contribution is -0.132. The quantitative estimate of drug-likeness (QED) is 0.803. The number of benzene rings is 1. The van der Waals surface area contributed by atoms with Gasteiger partial charge in [-0.1, -0.05) is 20.8 Å². The molecule has 4 nitrogen and oxygen atoms in total. The van der Waals surface area contributed by atoms with Crippen molar-refractivity contribution in [3.8, 4) is 11.5 Å². The summed E-state index contributed by atoms with van der Waals surface area (Å²) in [6.45, 7) is 7.26. The van der Waals surface area contributed by atoms with E-state index in [0.29, 0.717) is 19.6 Å². The fourth-order valence-corrected chi connectivity index (χ4v) is 1.69. The Labute approximate surface area is 121 Å². The SMILES string of the molecule is COc1ccc(OCCN(C)C(=O)CC(C)(C)C)cc1. The van der Waals surface area contributed by atoms with Crippen LogP contribution >= 0.6 is 0 Å². The molecule has 0 saturated heterocycles. The van der Waals surface area contributed by atoms with Crippen LogP contribution in [-0.2, 0) is 4.79 Å². The molecule has 112 valence electrons. The number of hydrogen-bond acceptors (Lipinski definition) is 3. The Bertz CT molecular complexity index is 420. The number of amides is 1. The number of carbonyl (C=O) groups is 1. The van der Waals surface area contributed by atoms with E-state index in [-0.39, 0.29) is 11.3 Å². The summed E-state index contributed by atoms with van der Waals surface area (Å²) in [7, 11) is 3.44. The normalized spacial score (nSPS) is 11.1. The molecule has 0 N–H and O–H groups in total. The predicted molar refractivity (Wildman–Crippen MR) is 80.2 cm³/mol. The molecule has 20 heavy (non-hydrogen) atoms. The number of carbonyl (C=O) groups excluding carboxylic acids is 1.